The first kappa shape index (κ1) is 14.1. The lowest BCUT2D eigenvalue weighted by molar-refractivity contribution is -0.165. The van der Waals surface area contributed by atoms with Gasteiger partial charge in [0.05, 0.1) is 6.61 Å². The van der Waals surface area contributed by atoms with Gasteiger partial charge in [-0.2, -0.15) is 0 Å². The maximum absolute atomic E-state index is 11.5. The smallest absolute Gasteiger partial charge is 0.352 e. The first-order chi connectivity index (χ1) is 10.2. The summed E-state index contributed by atoms with van der Waals surface area (Å²) >= 11 is 0. The van der Waals surface area contributed by atoms with Crippen LogP contribution in [0.25, 0.3) is 10.9 Å². The minimum absolute atomic E-state index is 0.253. The van der Waals surface area contributed by atoms with E-state index in [1.165, 1.54) is 0 Å². The van der Waals surface area contributed by atoms with Crippen LogP contribution in [0.4, 0.5) is 0 Å². The summed E-state index contributed by atoms with van der Waals surface area (Å²) in [5.41, 5.74) is 1.92. The number of hydrogen-bond acceptors (Lipinski definition) is 4. The number of para-hydroxylation sites is 1. The van der Waals surface area contributed by atoms with Crippen molar-refractivity contribution >= 4 is 16.9 Å². The summed E-state index contributed by atoms with van der Waals surface area (Å²) in [5, 5.41) is 10.3. The second-order valence-electron chi connectivity index (χ2n) is 5.10. The standard InChI is InChI=1S/C15H18N2O4/c1-20-13-9-17(6-7-21-13)8-11-10-4-2-3-5-12(10)16-14(11)15(18)19/h2-5,13,16H,6-9H2,1H3,(H,18,19). The topological polar surface area (TPSA) is 74.8 Å². The summed E-state index contributed by atoms with van der Waals surface area (Å²) in [7, 11) is 1.61. The lowest BCUT2D eigenvalue weighted by Gasteiger charge is -2.31. The summed E-state index contributed by atoms with van der Waals surface area (Å²) < 4.78 is 10.7. The number of nitrogens with one attached hydrogen (secondary N) is 1. The third-order valence-electron chi connectivity index (χ3n) is 3.79. The Kier molecular flexibility index (Phi) is 3.92. The second-order valence-corrected chi connectivity index (χ2v) is 5.10. The Morgan fingerprint density at radius 3 is 3.10 bits per heavy atom. The Morgan fingerprint density at radius 1 is 1.52 bits per heavy atom. The van der Waals surface area contributed by atoms with Crippen molar-refractivity contribution in [2.45, 2.75) is 12.8 Å². The molecule has 1 atom stereocenters. The van der Waals surface area contributed by atoms with Gasteiger partial charge in [-0.3, -0.25) is 4.90 Å². The van der Waals surface area contributed by atoms with Crippen molar-refractivity contribution in [3.63, 3.8) is 0 Å². The molecule has 0 bridgehead atoms. The fourth-order valence-electron chi connectivity index (χ4n) is 2.72. The average Bonchev–Trinajstić information content (AvgIpc) is 2.87. The summed E-state index contributed by atoms with van der Waals surface area (Å²) in [4.78, 5) is 16.6. The van der Waals surface area contributed by atoms with Gasteiger partial charge in [0.1, 0.15) is 5.69 Å². The van der Waals surface area contributed by atoms with Crippen LogP contribution >= 0.6 is 0 Å². The van der Waals surface area contributed by atoms with E-state index in [0.29, 0.717) is 19.7 Å². The van der Waals surface area contributed by atoms with E-state index < -0.39 is 5.97 Å². The number of morpholine rings is 1. The Morgan fingerprint density at radius 2 is 2.33 bits per heavy atom. The molecule has 1 aromatic carbocycles. The van der Waals surface area contributed by atoms with Gasteiger partial charge in [-0.1, -0.05) is 18.2 Å². The fraction of sp³-hybridized carbons (Fsp3) is 0.400. The Labute approximate surface area is 122 Å². The minimum Gasteiger partial charge on any atom is -0.477 e. The van der Waals surface area contributed by atoms with E-state index in [0.717, 1.165) is 23.0 Å². The molecule has 1 fully saturated rings. The molecule has 21 heavy (non-hydrogen) atoms. The molecule has 0 saturated carbocycles. The molecule has 0 spiro atoms. The zero-order valence-corrected chi connectivity index (χ0v) is 11.8. The van der Waals surface area contributed by atoms with Crippen LogP contribution in [0.5, 0.6) is 0 Å². The maximum atomic E-state index is 11.5. The van der Waals surface area contributed by atoms with Crippen LogP contribution in [0, 0.1) is 0 Å². The van der Waals surface area contributed by atoms with Gasteiger partial charge in [0.15, 0.2) is 6.29 Å². The number of H-pyrrole nitrogens is 1. The highest BCUT2D eigenvalue weighted by molar-refractivity contribution is 5.97. The predicted molar refractivity (Wildman–Crippen MR) is 77.3 cm³/mol. The van der Waals surface area contributed by atoms with Crippen molar-refractivity contribution in [1.29, 1.82) is 0 Å². The monoisotopic (exact) mass is 290 g/mol. The molecular weight excluding hydrogens is 272 g/mol. The number of methoxy groups -OCH3 is 1. The van der Waals surface area contributed by atoms with E-state index in [1.54, 1.807) is 7.11 Å². The molecule has 1 aromatic heterocycles. The number of rotatable bonds is 4. The molecule has 2 aromatic rings. The van der Waals surface area contributed by atoms with Crippen molar-refractivity contribution in [1.82, 2.24) is 9.88 Å². The van der Waals surface area contributed by atoms with E-state index in [-0.39, 0.29) is 12.0 Å². The quantitative estimate of drug-likeness (QED) is 0.896. The molecular formula is C15H18N2O4. The van der Waals surface area contributed by atoms with Gasteiger partial charge >= 0.3 is 5.97 Å². The molecule has 6 heteroatoms. The lowest BCUT2D eigenvalue weighted by Crippen LogP contribution is -2.42. The Bertz CT molecular complexity index is 652. The summed E-state index contributed by atoms with van der Waals surface area (Å²) in [6.07, 6.45) is -0.253. The molecule has 112 valence electrons. The van der Waals surface area contributed by atoms with Crippen molar-refractivity contribution in [3.8, 4) is 0 Å². The highest BCUT2D eigenvalue weighted by Gasteiger charge is 2.24. The van der Waals surface area contributed by atoms with Crippen molar-refractivity contribution < 1.29 is 19.4 Å². The molecule has 0 amide bonds. The highest BCUT2D eigenvalue weighted by atomic mass is 16.7. The van der Waals surface area contributed by atoms with Gasteiger partial charge in [0.2, 0.25) is 0 Å². The molecule has 2 N–H and O–H groups in total. The second kappa shape index (κ2) is 5.85. The van der Waals surface area contributed by atoms with Gasteiger partial charge in [0.25, 0.3) is 0 Å². The normalized spacial score (nSPS) is 20.0. The van der Waals surface area contributed by atoms with Gasteiger partial charge in [0, 0.05) is 43.2 Å². The molecule has 1 aliphatic heterocycles. The van der Waals surface area contributed by atoms with Crippen LogP contribution in [0.1, 0.15) is 16.1 Å². The highest BCUT2D eigenvalue weighted by Crippen LogP contribution is 2.24. The minimum atomic E-state index is -0.933. The molecule has 6 nitrogen and oxygen atoms in total. The number of carboxylic acid groups (broad SMARTS) is 1. The van der Waals surface area contributed by atoms with Gasteiger partial charge in [-0.15, -0.1) is 0 Å². The lowest BCUT2D eigenvalue weighted by atomic mass is 10.1. The maximum Gasteiger partial charge on any atom is 0.352 e. The summed E-state index contributed by atoms with van der Waals surface area (Å²) in [6, 6.07) is 7.65. The molecule has 1 unspecified atom stereocenters. The van der Waals surface area contributed by atoms with E-state index >= 15 is 0 Å². The summed E-state index contributed by atoms with van der Waals surface area (Å²) in [6.45, 7) is 2.55. The number of hydrogen-bond donors (Lipinski definition) is 2. The number of benzene rings is 1. The summed E-state index contributed by atoms with van der Waals surface area (Å²) in [5.74, 6) is -0.933. The number of nitrogens with zero attached hydrogens (tertiary/aromatic N) is 1. The van der Waals surface area contributed by atoms with E-state index in [2.05, 4.69) is 9.88 Å². The third kappa shape index (κ3) is 2.78. The van der Waals surface area contributed by atoms with E-state index in [1.807, 2.05) is 24.3 Å². The number of aromatic amines is 1. The Balaban J connectivity index is 1.91. The number of aromatic carboxylic acids is 1. The molecule has 0 radical (unpaired) electrons. The number of aromatic nitrogens is 1. The van der Waals surface area contributed by atoms with Crippen LogP contribution in [-0.4, -0.2) is 54.1 Å². The van der Waals surface area contributed by atoms with Gasteiger partial charge in [-0.05, 0) is 6.07 Å². The van der Waals surface area contributed by atoms with E-state index in [9.17, 15) is 9.90 Å². The largest absolute Gasteiger partial charge is 0.477 e. The fourth-order valence-corrected chi connectivity index (χ4v) is 2.72. The zero-order chi connectivity index (χ0) is 14.8. The average molecular weight is 290 g/mol. The number of fused-ring (bicyclic) bond motifs is 1. The SMILES string of the molecule is COC1CN(Cc2c(C(=O)O)[nH]c3ccccc23)CCO1. The van der Waals surface area contributed by atoms with Crippen LogP contribution in [0.3, 0.4) is 0 Å². The predicted octanol–water partition coefficient (Wildman–Crippen LogP) is 1.67. The first-order valence-corrected chi connectivity index (χ1v) is 6.88. The third-order valence-corrected chi connectivity index (χ3v) is 3.79. The first-order valence-electron chi connectivity index (χ1n) is 6.88. The molecule has 1 aliphatic rings. The number of carbonyl (C=O) groups is 1. The molecule has 0 aliphatic carbocycles. The number of carboxylic acids is 1. The zero-order valence-electron chi connectivity index (χ0n) is 11.8. The number of ether oxygens (including phenoxy) is 2. The van der Waals surface area contributed by atoms with Crippen molar-refractivity contribution in [3.05, 3.63) is 35.5 Å². The van der Waals surface area contributed by atoms with Crippen LogP contribution < -0.4 is 0 Å². The van der Waals surface area contributed by atoms with Crippen molar-refractivity contribution in [2.24, 2.45) is 0 Å². The van der Waals surface area contributed by atoms with Gasteiger partial charge in [-0.25, -0.2) is 4.79 Å². The van der Waals surface area contributed by atoms with Gasteiger partial charge < -0.3 is 19.6 Å². The molecule has 3 rings (SSSR count). The van der Waals surface area contributed by atoms with E-state index in [4.69, 9.17) is 9.47 Å². The van der Waals surface area contributed by atoms with Crippen LogP contribution in [0.15, 0.2) is 24.3 Å². The molecule has 2 heterocycles. The molecule has 1 saturated heterocycles. The Hall–Kier alpha value is -1.89. The van der Waals surface area contributed by atoms with Crippen LogP contribution in [0.2, 0.25) is 0 Å². The van der Waals surface area contributed by atoms with Crippen LogP contribution in [-0.2, 0) is 16.0 Å². The van der Waals surface area contributed by atoms with Crippen molar-refractivity contribution in [2.75, 3.05) is 26.8 Å².